The van der Waals surface area contributed by atoms with Gasteiger partial charge in [0.25, 0.3) is 0 Å². The van der Waals surface area contributed by atoms with Gasteiger partial charge in [0, 0.05) is 31.2 Å². The minimum atomic E-state index is -1.32. The first-order chi connectivity index (χ1) is 20.5. The number of rotatable bonds is 16. The third-order valence-electron chi connectivity index (χ3n) is 6.58. The van der Waals surface area contributed by atoms with Crippen LogP contribution in [-0.4, -0.2) is 85.2 Å². The Morgan fingerprint density at radius 2 is 1.30 bits per heavy atom. The van der Waals surface area contributed by atoms with Gasteiger partial charge < -0.3 is 42.0 Å². The quantitative estimate of drug-likeness (QED) is 0.112. The minimum absolute atomic E-state index is 0.00812. The highest BCUT2D eigenvalue weighted by Gasteiger charge is 2.31. The average molecular weight is 613 g/mol. The summed E-state index contributed by atoms with van der Waals surface area (Å²) < 4.78 is 0. The summed E-state index contributed by atoms with van der Waals surface area (Å²) in [4.78, 5) is 58.6. The molecule has 3 rings (SSSR count). The van der Waals surface area contributed by atoms with Gasteiger partial charge in [-0.1, -0.05) is 24.3 Å². The number of aromatic nitrogens is 2. The number of aromatic amines is 1. The molecule has 3 amide bonds. The molecule has 0 aliphatic carbocycles. The van der Waals surface area contributed by atoms with Gasteiger partial charge in [0.2, 0.25) is 17.7 Å². The van der Waals surface area contributed by atoms with E-state index in [1.807, 2.05) is 6.26 Å². The van der Waals surface area contributed by atoms with Crippen LogP contribution in [0.4, 0.5) is 0 Å². The zero-order chi connectivity index (χ0) is 31.4. The maximum atomic E-state index is 13.7. The number of carboxylic acids is 1. The molecule has 1 heterocycles. The molecule has 14 heteroatoms. The smallest absolute Gasteiger partial charge is 0.326 e. The van der Waals surface area contributed by atoms with E-state index in [9.17, 15) is 34.5 Å². The Kier molecular flexibility index (Phi) is 12.4. The second kappa shape index (κ2) is 16.2. The number of carbonyl (C=O) groups is 4. The summed E-state index contributed by atoms with van der Waals surface area (Å²) in [6.07, 6.45) is 5.01. The molecule has 43 heavy (non-hydrogen) atoms. The highest BCUT2D eigenvalue weighted by Crippen LogP contribution is 2.14. The Labute approximate surface area is 252 Å². The van der Waals surface area contributed by atoms with Gasteiger partial charge in [-0.15, -0.1) is 0 Å². The van der Waals surface area contributed by atoms with E-state index in [0.29, 0.717) is 29.0 Å². The maximum Gasteiger partial charge on any atom is 0.326 e. The predicted octanol–water partition coefficient (Wildman–Crippen LogP) is 0.468. The molecule has 0 bridgehead atoms. The van der Waals surface area contributed by atoms with Crippen molar-refractivity contribution in [3.63, 3.8) is 0 Å². The van der Waals surface area contributed by atoms with Gasteiger partial charge in [0.15, 0.2) is 0 Å². The number of hydrogen-bond donors (Lipinski definition) is 8. The molecule has 0 fully saturated rings. The lowest BCUT2D eigenvalue weighted by atomic mass is 10.0. The fourth-order valence-electron chi connectivity index (χ4n) is 4.17. The van der Waals surface area contributed by atoms with Crippen LogP contribution in [0, 0.1) is 0 Å². The number of nitrogens with two attached hydrogens (primary N) is 1. The minimum Gasteiger partial charge on any atom is -0.508 e. The summed E-state index contributed by atoms with van der Waals surface area (Å²) in [7, 11) is 0. The van der Waals surface area contributed by atoms with Crippen LogP contribution in [0.25, 0.3) is 0 Å². The standard InChI is InChI=1S/C29H36N6O7S/c1-43-11-10-22(30)26(38)33-23(12-17-2-6-20(36)7-3-17)27(39)34-24(13-18-4-8-21(37)9-5-18)28(40)35-25(29(41)42)14-19-15-31-16-32-19/h2-9,15-16,22-25,36-37H,10-14,30H2,1H3,(H,31,32)(H,33,38)(H,34,39)(H,35,40)(H,41,42). The number of imidazole rings is 1. The molecule has 4 unspecified atom stereocenters. The number of hydrogen-bond acceptors (Lipinski definition) is 9. The van der Waals surface area contributed by atoms with Crippen molar-refractivity contribution < 1.29 is 34.5 Å². The van der Waals surface area contributed by atoms with Crippen LogP contribution in [0.2, 0.25) is 0 Å². The molecule has 1 aromatic heterocycles. The fourth-order valence-corrected chi connectivity index (χ4v) is 4.66. The average Bonchev–Trinajstić information content (AvgIpc) is 3.50. The SMILES string of the molecule is CSCCC(N)C(=O)NC(Cc1ccc(O)cc1)C(=O)NC(Cc1ccc(O)cc1)C(=O)NC(Cc1cnc[nH]1)C(=O)O. The zero-order valence-electron chi connectivity index (χ0n) is 23.5. The molecule has 0 aliphatic rings. The van der Waals surface area contributed by atoms with Gasteiger partial charge in [0.05, 0.1) is 12.4 Å². The predicted molar refractivity (Wildman–Crippen MR) is 160 cm³/mol. The number of phenols is 2. The van der Waals surface area contributed by atoms with Crippen LogP contribution in [0.3, 0.4) is 0 Å². The summed E-state index contributed by atoms with van der Waals surface area (Å²) in [5.41, 5.74) is 7.72. The van der Waals surface area contributed by atoms with Gasteiger partial charge in [0.1, 0.15) is 29.6 Å². The third kappa shape index (κ3) is 10.7. The van der Waals surface area contributed by atoms with E-state index in [2.05, 4.69) is 25.9 Å². The van der Waals surface area contributed by atoms with Crippen molar-refractivity contribution >= 4 is 35.5 Å². The number of nitrogens with one attached hydrogen (secondary N) is 4. The Hall–Kier alpha value is -4.56. The Morgan fingerprint density at radius 3 is 1.74 bits per heavy atom. The van der Waals surface area contributed by atoms with Gasteiger partial charge in [-0.3, -0.25) is 14.4 Å². The van der Waals surface area contributed by atoms with Crippen molar-refractivity contribution in [1.29, 1.82) is 0 Å². The number of H-pyrrole nitrogens is 1. The molecule has 0 radical (unpaired) electrons. The summed E-state index contributed by atoms with van der Waals surface area (Å²) in [5, 5.41) is 36.9. The van der Waals surface area contributed by atoms with Crippen molar-refractivity contribution in [3.8, 4) is 11.5 Å². The van der Waals surface area contributed by atoms with Crippen LogP contribution in [0.5, 0.6) is 11.5 Å². The first-order valence-electron chi connectivity index (χ1n) is 13.5. The lowest BCUT2D eigenvalue weighted by Gasteiger charge is -2.25. The van der Waals surface area contributed by atoms with Crippen molar-refractivity contribution in [2.24, 2.45) is 5.73 Å². The normalized spacial score (nSPS) is 13.7. The van der Waals surface area contributed by atoms with E-state index in [4.69, 9.17) is 5.73 Å². The molecule has 0 saturated carbocycles. The molecule has 0 saturated heterocycles. The summed E-state index contributed by atoms with van der Waals surface area (Å²) in [6, 6.07) is 7.51. The number of aromatic hydroxyl groups is 2. The Bertz CT molecular complexity index is 1350. The molecule has 230 valence electrons. The zero-order valence-corrected chi connectivity index (χ0v) is 24.3. The third-order valence-corrected chi connectivity index (χ3v) is 7.23. The molecular weight excluding hydrogens is 576 g/mol. The summed E-state index contributed by atoms with van der Waals surface area (Å²) >= 11 is 1.53. The van der Waals surface area contributed by atoms with Crippen LogP contribution in [-0.2, 0) is 38.4 Å². The molecule has 0 aliphatic heterocycles. The van der Waals surface area contributed by atoms with Crippen molar-refractivity contribution in [2.75, 3.05) is 12.0 Å². The first kappa shape index (κ1) is 32.9. The number of amides is 3. The number of carboxylic acid groups (broad SMARTS) is 1. The fraction of sp³-hybridized carbons (Fsp3) is 0.345. The Balaban J connectivity index is 1.85. The molecule has 3 aromatic rings. The van der Waals surface area contributed by atoms with E-state index in [1.165, 1.54) is 48.6 Å². The number of benzene rings is 2. The van der Waals surface area contributed by atoms with Gasteiger partial charge in [-0.25, -0.2) is 9.78 Å². The highest BCUT2D eigenvalue weighted by molar-refractivity contribution is 7.98. The summed E-state index contributed by atoms with van der Waals surface area (Å²) in [6.45, 7) is 0. The van der Waals surface area contributed by atoms with Gasteiger partial charge in [-0.2, -0.15) is 11.8 Å². The topological polar surface area (TPSA) is 220 Å². The van der Waals surface area contributed by atoms with Gasteiger partial charge in [-0.05, 0) is 53.8 Å². The lowest BCUT2D eigenvalue weighted by Crippen LogP contribution is -2.58. The monoisotopic (exact) mass is 612 g/mol. The molecule has 13 nitrogen and oxygen atoms in total. The second-order valence-electron chi connectivity index (χ2n) is 9.93. The highest BCUT2D eigenvalue weighted by atomic mass is 32.2. The van der Waals surface area contributed by atoms with Crippen molar-refractivity contribution in [3.05, 3.63) is 77.9 Å². The first-order valence-corrected chi connectivity index (χ1v) is 14.9. The summed E-state index contributed by atoms with van der Waals surface area (Å²) in [5.74, 6) is -2.61. The largest absolute Gasteiger partial charge is 0.508 e. The molecule has 0 spiro atoms. The number of aliphatic carboxylic acids is 1. The van der Waals surface area contributed by atoms with E-state index in [1.54, 1.807) is 24.3 Å². The van der Waals surface area contributed by atoms with Crippen molar-refractivity contribution in [2.45, 2.75) is 49.9 Å². The number of phenolic OH excluding ortho intramolecular Hbond substituents is 2. The molecular formula is C29H36N6O7S. The maximum absolute atomic E-state index is 13.7. The van der Waals surface area contributed by atoms with Crippen LogP contribution >= 0.6 is 11.8 Å². The molecule has 2 aromatic carbocycles. The Morgan fingerprint density at radius 1 is 0.814 bits per heavy atom. The van der Waals surface area contributed by atoms with Crippen molar-refractivity contribution in [1.82, 2.24) is 25.9 Å². The van der Waals surface area contributed by atoms with E-state index in [0.717, 1.165) is 0 Å². The molecule has 4 atom stereocenters. The second-order valence-corrected chi connectivity index (χ2v) is 10.9. The lowest BCUT2D eigenvalue weighted by molar-refractivity contribution is -0.142. The van der Waals surface area contributed by atoms with Crippen LogP contribution < -0.4 is 21.7 Å². The van der Waals surface area contributed by atoms with Crippen LogP contribution in [0.15, 0.2) is 61.1 Å². The van der Waals surface area contributed by atoms with E-state index in [-0.39, 0.29) is 30.8 Å². The molecule has 9 N–H and O–H groups in total. The number of thioether (sulfide) groups is 1. The van der Waals surface area contributed by atoms with Crippen LogP contribution in [0.1, 0.15) is 23.2 Å². The number of nitrogens with zero attached hydrogens (tertiary/aromatic N) is 1. The van der Waals surface area contributed by atoms with E-state index < -0.39 is 47.9 Å². The number of carbonyl (C=O) groups excluding carboxylic acids is 3. The van der Waals surface area contributed by atoms with E-state index >= 15 is 0 Å². The van der Waals surface area contributed by atoms with Gasteiger partial charge >= 0.3 is 5.97 Å².